The third-order valence-electron chi connectivity index (χ3n) is 5.31. The minimum absolute atomic E-state index is 0.270. The summed E-state index contributed by atoms with van der Waals surface area (Å²) in [5, 5.41) is 17.9. The van der Waals surface area contributed by atoms with Crippen molar-refractivity contribution in [1.29, 1.82) is 0 Å². The zero-order valence-corrected chi connectivity index (χ0v) is 18.2. The quantitative estimate of drug-likeness (QED) is 0.155. The Balaban J connectivity index is 3.61. The summed E-state index contributed by atoms with van der Waals surface area (Å²) in [6, 6.07) is 0. The number of aliphatic carboxylic acids is 2. The first-order valence-electron chi connectivity index (χ1n) is 11.7. The van der Waals surface area contributed by atoms with Crippen molar-refractivity contribution in [1.82, 2.24) is 0 Å². The van der Waals surface area contributed by atoms with E-state index in [9.17, 15) is 14.7 Å². The summed E-state index contributed by atoms with van der Waals surface area (Å²) < 4.78 is 0. The van der Waals surface area contributed by atoms with Crippen LogP contribution in [0.1, 0.15) is 129 Å². The minimum atomic E-state index is -0.760. The fraction of sp³-hybridized carbons (Fsp3) is 0.833. The molecule has 0 aliphatic rings. The largest absolute Gasteiger partial charge is 0.481 e. The van der Waals surface area contributed by atoms with E-state index in [1.54, 1.807) is 0 Å². The van der Waals surface area contributed by atoms with Gasteiger partial charge in [-0.2, -0.15) is 0 Å². The third kappa shape index (κ3) is 19.4. The molecule has 4 heteroatoms. The fourth-order valence-corrected chi connectivity index (χ4v) is 3.50. The van der Waals surface area contributed by atoms with E-state index in [0.717, 1.165) is 57.8 Å². The maximum Gasteiger partial charge on any atom is 0.331 e. The topological polar surface area (TPSA) is 74.6 Å². The molecule has 0 radical (unpaired) electrons. The van der Waals surface area contributed by atoms with Crippen LogP contribution < -0.4 is 0 Å². The van der Waals surface area contributed by atoms with Crippen molar-refractivity contribution in [2.24, 2.45) is 0 Å². The molecule has 164 valence electrons. The Bertz CT molecular complexity index is 415. The summed E-state index contributed by atoms with van der Waals surface area (Å²) in [5.74, 6) is -1.47. The number of carboxylic acid groups (broad SMARTS) is 2. The van der Waals surface area contributed by atoms with E-state index in [1.165, 1.54) is 51.4 Å². The molecular weight excluding hydrogens is 352 g/mol. The highest BCUT2D eigenvalue weighted by Gasteiger charge is 2.06. The van der Waals surface area contributed by atoms with Gasteiger partial charge in [-0.1, -0.05) is 96.5 Å². The molecule has 0 bridgehead atoms. The van der Waals surface area contributed by atoms with Crippen molar-refractivity contribution in [2.45, 2.75) is 129 Å². The van der Waals surface area contributed by atoms with Crippen molar-refractivity contribution in [2.75, 3.05) is 0 Å². The van der Waals surface area contributed by atoms with Crippen LogP contribution in [-0.2, 0) is 9.59 Å². The lowest BCUT2D eigenvalue weighted by Crippen LogP contribution is -2.00. The summed E-state index contributed by atoms with van der Waals surface area (Å²) in [5.41, 5.74) is 0.584. The van der Waals surface area contributed by atoms with Gasteiger partial charge in [0.1, 0.15) is 0 Å². The van der Waals surface area contributed by atoms with Crippen LogP contribution in [0.3, 0.4) is 0 Å². The van der Waals surface area contributed by atoms with Gasteiger partial charge in [0, 0.05) is 12.0 Å². The zero-order chi connectivity index (χ0) is 20.9. The van der Waals surface area contributed by atoms with Gasteiger partial charge in [0.15, 0.2) is 0 Å². The van der Waals surface area contributed by atoms with Crippen molar-refractivity contribution in [3.63, 3.8) is 0 Å². The standard InChI is InChI=1S/C24H44O4/c1-2-3-4-5-6-7-8-10-13-16-19-22(24(27)28)20-17-14-11-9-12-15-18-21-23(25)26/h19H,2-18,20-21H2,1H3,(H,25,26)(H,27,28). The summed E-state index contributed by atoms with van der Waals surface area (Å²) in [4.78, 5) is 21.8. The van der Waals surface area contributed by atoms with E-state index in [4.69, 9.17) is 5.11 Å². The average Bonchev–Trinajstić information content (AvgIpc) is 2.65. The molecule has 0 aliphatic heterocycles. The Morgan fingerprint density at radius 3 is 1.50 bits per heavy atom. The number of rotatable bonds is 21. The van der Waals surface area contributed by atoms with Crippen LogP contribution in [0.2, 0.25) is 0 Å². The molecule has 0 saturated carbocycles. The summed E-state index contributed by atoms with van der Waals surface area (Å²) in [7, 11) is 0. The molecule has 4 nitrogen and oxygen atoms in total. The Kier molecular flexibility index (Phi) is 19.5. The van der Waals surface area contributed by atoms with Crippen molar-refractivity contribution < 1.29 is 19.8 Å². The third-order valence-corrected chi connectivity index (χ3v) is 5.31. The molecular formula is C24H44O4. The predicted octanol–water partition coefficient (Wildman–Crippen LogP) is 7.51. The molecule has 0 saturated heterocycles. The Hall–Kier alpha value is -1.32. The zero-order valence-electron chi connectivity index (χ0n) is 18.2. The van der Waals surface area contributed by atoms with E-state index in [-0.39, 0.29) is 6.42 Å². The maximum atomic E-state index is 11.4. The van der Waals surface area contributed by atoms with E-state index >= 15 is 0 Å². The summed E-state index contributed by atoms with van der Waals surface area (Å²) in [6.45, 7) is 2.24. The van der Waals surface area contributed by atoms with Crippen LogP contribution >= 0.6 is 0 Å². The van der Waals surface area contributed by atoms with Crippen molar-refractivity contribution in [3.8, 4) is 0 Å². The molecule has 0 heterocycles. The number of hydrogen-bond acceptors (Lipinski definition) is 2. The Morgan fingerprint density at radius 2 is 1.04 bits per heavy atom. The molecule has 0 aromatic heterocycles. The number of allylic oxidation sites excluding steroid dienone is 1. The van der Waals surface area contributed by atoms with Crippen LogP contribution in [0.4, 0.5) is 0 Å². The van der Waals surface area contributed by atoms with Gasteiger partial charge < -0.3 is 10.2 Å². The minimum Gasteiger partial charge on any atom is -0.481 e. The summed E-state index contributed by atoms with van der Waals surface area (Å²) in [6.07, 6.45) is 22.4. The highest BCUT2D eigenvalue weighted by molar-refractivity contribution is 5.86. The Morgan fingerprint density at radius 1 is 0.607 bits per heavy atom. The van der Waals surface area contributed by atoms with E-state index in [0.29, 0.717) is 12.0 Å². The van der Waals surface area contributed by atoms with Gasteiger partial charge in [0.2, 0.25) is 0 Å². The van der Waals surface area contributed by atoms with Gasteiger partial charge in [-0.05, 0) is 32.1 Å². The first-order chi connectivity index (χ1) is 13.6. The van der Waals surface area contributed by atoms with Crippen molar-refractivity contribution >= 4 is 11.9 Å². The number of unbranched alkanes of at least 4 members (excludes halogenated alkanes) is 15. The highest BCUT2D eigenvalue weighted by atomic mass is 16.4. The maximum absolute atomic E-state index is 11.4. The lowest BCUT2D eigenvalue weighted by molar-refractivity contribution is -0.137. The number of carboxylic acids is 2. The van der Waals surface area contributed by atoms with Gasteiger partial charge >= 0.3 is 11.9 Å². The van der Waals surface area contributed by atoms with Crippen LogP contribution in [0.25, 0.3) is 0 Å². The molecule has 2 N–H and O–H groups in total. The van der Waals surface area contributed by atoms with Gasteiger partial charge in [0.05, 0.1) is 0 Å². The van der Waals surface area contributed by atoms with Crippen LogP contribution in [0.5, 0.6) is 0 Å². The Labute approximate surface area is 172 Å². The monoisotopic (exact) mass is 396 g/mol. The number of carbonyl (C=O) groups is 2. The molecule has 0 aliphatic carbocycles. The van der Waals surface area contributed by atoms with Crippen LogP contribution in [0, 0.1) is 0 Å². The lowest BCUT2D eigenvalue weighted by atomic mass is 10.0. The van der Waals surface area contributed by atoms with Gasteiger partial charge in [-0.25, -0.2) is 4.79 Å². The second-order valence-corrected chi connectivity index (χ2v) is 8.02. The molecule has 0 rings (SSSR count). The van der Waals surface area contributed by atoms with E-state index in [2.05, 4.69) is 6.92 Å². The molecule has 0 aromatic carbocycles. The molecule has 0 aromatic rings. The van der Waals surface area contributed by atoms with Gasteiger partial charge in [-0.3, -0.25) is 4.79 Å². The number of hydrogen-bond donors (Lipinski definition) is 2. The smallest absolute Gasteiger partial charge is 0.331 e. The predicted molar refractivity (Wildman–Crippen MR) is 117 cm³/mol. The second-order valence-electron chi connectivity index (χ2n) is 8.02. The highest BCUT2D eigenvalue weighted by Crippen LogP contribution is 2.15. The average molecular weight is 397 g/mol. The molecule has 0 spiro atoms. The first kappa shape index (κ1) is 26.7. The molecule has 0 fully saturated rings. The molecule has 0 unspecified atom stereocenters. The van der Waals surface area contributed by atoms with Gasteiger partial charge in [0.25, 0.3) is 0 Å². The fourth-order valence-electron chi connectivity index (χ4n) is 3.50. The van der Waals surface area contributed by atoms with E-state index in [1.807, 2.05) is 6.08 Å². The van der Waals surface area contributed by atoms with Gasteiger partial charge in [-0.15, -0.1) is 0 Å². The van der Waals surface area contributed by atoms with Crippen LogP contribution in [0.15, 0.2) is 11.6 Å². The first-order valence-corrected chi connectivity index (χ1v) is 11.7. The molecule has 0 amide bonds. The van der Waals surface area contributed by atoms with Crippen molar-refractivity contribution in [3.05, 3.63) is 11.6 Å². The second kappa shape index (κ2) is 20.4. The molecule has 0 atom stereocenters. The SMILES string of the molecule is CCCCCCCCCCCC=C(CCCCCCCCCC(=O)O)C(=O)O. The van der Waals surface area contributed by atoms with Crippen LogP contribution in [-0.4, -0.2) is 22.2 Å². The lowest BCUT2D eigenvalue weighted by Gasteiger charge is -2.04. The molecule has 28 heavy (non-hydrogen) atoms. The summed E-state index contributed by atoms with van der Waals surface area (Å²) >= 11 is 0. The van der Waals surface area contributed by atoms with E-state index < -0.39 is 11.9 Å². The normalized spacial score (nSPS) is 11.7.